The van der Waals surface area contributed by atoms with Crippen LogP contribution in [0.15, 0.2) is 42.5 Å². The number of nitrogens with zero attached hydrogens (tertiary/aromatic N) is 3. The molecule has 1 aliphatic rings. The Morgan fingerprint density at radius 2 is 1.87 bits per heavy atom. The average Bonchev–Trinajstić information content (AvgIpc) is 3.35. The first kappa shape index (κ1) is 19.2. The molecule has 31 heavy (non-hydrogen) atoms. The predicted octanol–water partition coefficient (Wildman–Crippen LogP) is 4.23. The molecule has 158 valence electrons. The lowest BCUT2D eigenvalue weighted by Gasteiger charge is -2.09. The zero-order chi connectivity index (χ0) is 21.4. The van der Waals surface area contributed by atoms with Crippen LogP contribution in [0.4, 0.5) is 5.82 Å². The third-order valence-electron chi connectivity index (χ3n) is 5.30. The van der Waals surface area contributed by atoms with Crippen LogP contribution in [0.5, 0.6) is 11.5 Å². The fourth-order valence-electron chi connectivity index (χ4n) is 3.74. The maximum absolute atomic E-state index is 13.0. The monoisotopic (exact) mass is 418 g/mol. The van der Waals surface area contributed by atoms with Crippen molar-refractivity contribution >= 4 is 34.0 Å². The lowest BCUT2D eigenvalue weighted by Crippen LogP contribution is -2.10. The van der Waals surface area contributed by atoms with Gasteiger partial charge in [-0.15, -0.1) is 0 Å². The summed E-state index contributed by atoms with van der Waals surface area (Å²) < 4.78 is 18.1. The van der Waals surface area contributed by atoms with E-state index in [1.165, 1.54) is 0 Å². The normalized spacial score (nSPS) is 12.5. The number of rotatable bonds is 6. The molecule has 0 radical (unpaired) electrons. The third-order valence-corrected chi connectivity index (χ3v) is 5.30. The lowest BCUT2D eigenvalue weighted by molar-refractivity contribution is 0.0501. The van der Waals surface area contributed by atoms with Crippen LogP contribution in [0.1, 0.15) is 36.5 Å². The van der Waals surface area contributed by atoms with Crippen LogP contribution >= 0.6 is 0 Å². The van der Waals surface area contributed by atoms with E-state index in [0.29, 0.717) is 46.0 Å². The zero-order valence-electron chi connectivity index (χ0n) is 17.1. The standard InChI is InChI=1S/C23H22N4O4/c1-2-3-6-11-29-23(28)19-20-22(26-16-8-5-4-7-15(16)25-20)27(21(19)24)14-9-10-17-18(12-14)31-13-30-17/h4-5,7-10,12H,2-3,6,11,13,24H2,1H3. The molecular weight excluding hydrogens is 396 g/mol. The van der Waals surface area contributed by atoms with E-state index in [0.717, 1.165) is 19.3 Å². The molecule has 3 heterocycles. The molecule has 0 saturated heterocycles. The van der Waals surface area contributed by atoms with Crippen LogP contribution in [0, 0.1) is 0 Å². The van der Waals surface area contributed by atoms with Crippen LogP contribution in [0.2, 0.25) is 0 Å². The van der Waals surface area contributed by atoms with Crippen molar-refractivity contribution in [2.45, 2.75) is 26.2 Å². The fraction of sp³-hybridized carbons (Fsp3) is 0.261. The number of hydrogen-bond donors (Lipinski definition) is 1. The van der Waals surface area contributed by atoms with E-state index in [-0.39, 0.29) is 18.2 Å². The van der Waals surface area contributed by atoms with Crippen molar-refractivity contribution in [2.75, 3.05) is 19.1 Å². The van der Waals surface area contributed by atoms with Gasteiger partial charge >= 0.3 is 5.97 Å². The number of para-hydroxylation sites is 2. The molecule has 8 heteroatoms. The van der Waals surface area contributed by atoms with Crippen molar-refractivity contribution in [1.29, 1.82) is 0 Å². The van der Waals surface area contributed by atoms with Crippen molar-refractivity contribution in [3.8, 4) is 17.2 Å². The predicted molar refractivity (Wildman–Crippen MR) is 117 cm³/mol. The van der Waals surface area contributed by atoms with Gasteiger partial charge in [-0.05, 0) is 30.7 Å². The number of benzene rings is 2. The first-order valence-electron chi connectivity index (χ1n) is 10.3. The van der Waals surface area contributed by atoms with Gasteiger partial charge in [0.2, 0.25) is 6.79 Å². The van der Waals surface area contributed by atoms with Gasteiger partial charge in [-0.1, -0.05) is 31.9 Å². The molecule has 0 spiro atoms. The highest BCUT2D eigenvalue weighted by molar-refractivity contribution is 6.09. The van der Waals surface area contributed by atoms with Gasteiger partial charge in [0.25, 0.3) is 0 Å². The third kappa shape index (κ3) is 3.30. The fourth-order valence-corrected chi connectivity index (χ4v) is 3.74. The maximum Gasteiger partial charge on any atom is 0.344 e. The SMILES string of the molecule is CCCCCOC(=O)c1c(N)n(-c2ccc3c(c2)OCO3)c2nc3ccccc3nc12. The maximum atomic E-state index is 13.0. The second kappa shape index (κ2) is 7.79. The number of anilines is 1. The summed E-state index contributed by atoms with van der Waals surface area (Å²) in [6.07, 6.45) is 2.84. The van der Waals surface area contributed by atoms with Crippen molar-refractivity contribution in [3.05, 3.63) is 48.0 Å². The van der Waals surface area contributed by atoms with Gasteiger partial charge in [-0.25, -0.2) is 14.8 Å². The Kier molecular flexibility index (Phi) is 4.82. The smallest absolute Gasteiger partial charge is 0.344 e. The molecule has 2 aromatic carbocycles. The number of nitrogen functional groups attached to an aromatic ring is 1. The van der Waals surface area contributed by atoms with Crippen molar-refractivity contribution in [3.63, 3.8) is 0 Å². The van der Waals surface area contributed by atoms with Crippen molar-refractivity contribution < 1.29 is 19.0 Å². The minimum absolute atomic E-state index is 0.167. The molecule has 5 rings (SSSR count). The summed E-state index contributed by atoms with van der Waals surface area (Å²) in [5, 5.41) is 0. The Bertz CT molecular complexity index is 1300. The summed E-state index contributed by atoms with van der Waals surface area (Å²) in [5.74, 6) is 0.995. The number of ether oxygens (including phenoxy) is 3. The molecule has 0 amide bonds. The Balaban J connectivity index is 1.68. The minimum Gasteiger partial charge on any atom is -0.462 e. The number of aromatic nitrogens is 3. The molecule has 0 saturated carbocycles. The molecule has 0 atom stereocenters. The van der Waals surface area contributed by atoms with Crippen LogP contribution in [0.25, 0.3) is 27.9 Å². The van der Waals surface area contributed by atoms with E-state index >= 15 is 0 Å². The number of hydrogen-bond acceptors (Lipinski definition) is 7. The first-order valence-corrected chi connectivity index (χ1v) is 10.3. The van der Waals surface area contributed by atoms with Gasteiger partial charge in [-0.3, -0.25) is 4.57 Å². The highest BCUT2D eigenvalue weighted by Crippen LogP contribution is 2.37. The van der Waals surface area contributed by atoms with Gasteiger partial charge in [0.1, 0.15) is 16.9 Å². The number of carbonyl (C=O) groups is 1. The number of carbonyl (C=O) groups excluding carboxylic acids is 1. The molecule has 0 fully saturated rings. The summed E-state index contributed by atoms with van der Waals surface area (Å²) in [7, 11) is 0. The van der Waals surface area contributed by atoms with Gasteiger partial charge in [-0.2, -0.15) is 0 Å². The van der Waals surface area contributed by atoms with Crippen LogP contribution in [-0.4, -0.2) is 33.9 Å². The second-order valence-corrected chi connectivity index (χ2v) is 7.36. The summed E-state index contributed by atoms with van der Waals surface area (Å²) >= 11 is 0. The topological polar surface area (TPSA) is 101 Å². The Morgan fingerprint density at radius 3 is 2.68 bits per heavy atom. The number of unbranched alkanes of at least 4 members (excludes halogenated alkanes) is 2. The van der Waals surface area contributed by atoms with Gasteiger partial charge in [0.15, 0.2) is 17.1 Å². The number of esters is 1. The average molecular weight is 418 g/mol. The van der Waals surface area contributed by atoms with Crippen molar-refractivity contribution in [2.24, 2.45) is 0 Å². The minimum atomic E-state index is -0.498. The first-order chi connectivity index (χ1) is 15.2. The largest absolute Gasteiger partial charge is 0.462 e. The van der Waals surface area contributed by atoms with E-state index < -0.39 is 5.97 Å². The molecular formula is C23H22N4O4. The van der Waals surface area contributed by atoms with E-state index in [1.807, 2.05) is 36.4 Å². The van der Waals surface area contributed by atoms with Crippen LogP contribution in [0.3, 0.4) is 0 Å². The summed E-state index contributed by atoms with van der Waals surface area (Å²) in [4.78, 5) is 22.4. The molecule has 2 aromatic heterocycles. The Hall–Kier alpha value is -3.81. The van der Waals surface area contributed by atoms with E-state index in [1.54, 1.807) is 10.6 Å². The Labute approximate surface area is 178 Å². The van der Waals surface area contributed by atoms with Crippen LogP contribution in [-0.2, 0) is 4.74 Å². The molecule has 2 N–H and O–H groups in total. The molecule has 8 nitrogen and oxygen atoms in total. The lowest BCUT2D eigenvalue weighted by atomic mass is 10.2. The molecule has 1 aliphatic heterocycles. The highest BCUT2D eigenvalue weighted by Gasteiger charge is 2.26. The summed E-state index contributed by atoms with van der Waals surface area (Å²) in [6.45, 7) is 2.60. The van der Waals surface area contributed by atoms with Gasteiger partial charge < -0.3 is 19.9 Å². The van der Waals surface area contributed by atoms with E-state index in [4.69, 9.17) is 29.9 Å². The molecule has 0 aliphatic carbocycles. The van der Waals surface area contributed by atoms with Crippen molar-refractivity contribution in [1.82, 2.24) is 14.5 Å². The summed E-state index contributed by atoms with van der Waals surface area (Å²) in [6, 6.07) is 13.0. The molecule has 0 unspecified atom stereocenters. The highest BCUT2D eigenvalue weighted by atomic mass is 16.7. The van der Waals surface area contributed by atoms with E-state index in [9.17, 15) is 4.79 Å². The second-order valence-electron chi connectivity index (χ2n) is 7.36. The number of fused-ring (bicyclic) bond motifs is 3. The number of nitrogens with two attached hydrogens (primary N) is 1. The van der Waals surface area contributed by atoms with Crippen LogP contribution < -0.4 is 15.2 Å². The quantitative estimate of drug-likeness (QED) is 0.369. The Morgan fingerprint density at radius 1 is 1.10 bits per heavy atom. The molecule has 4 aromatic rings. The van der Waals surface area contributed by atoms with E-state index in [2.05, 4.69) is 6.92 Å². The zero-order valence-corrected chi connectivity index (χ0v) is 17.1. The molecule has 0 bridgehead atoms. The van der Waals surface area contributed by atoms with Gasteiger partial charge in [0.05, 0.1) is 23.3 Å². The summed E-state index contributed by atoms with van der Waals surface area (Å²) in [5.41, 5.74) is 9.70. The van der Waals surface area contributed by atoms with Gasteiger partial charge in [0, 0.05) is 6.07 Å².